The van der Waals surface area contributed by atoms with Crippen molar-refractivity contribution in [2.45, 2.75) is 78.2 Å². The van der Waals surface area contributed by atoms with Crippen LogP contribution in [0.1, 0.15) is 72.1 Å². The minimum absolute atomic E-state index is 0.0560. The van der Waals surface area contributed by atoms with Gasteiger partial charge >= 0.3 is 5.97 Å². The number of carbonyl (C=O) groups is 1. The summed E-state index contributed by atoms with van der Waals surface area (Å²) in [5.74, 6) is 2.14. The van der Waals surface area contributed by atoms with Crippen LogP contribution in [0.3, 0.4) is 0 Å². The van der Waals surface area contributed by atoms with E-state index >= 15 is 0 Å². The van der Waals surface area contributed by atoms with E-state index in [2.05, 4.69) is 24.2 Å². The second kappa shape index (κ2) is 6.49. The lowest BCUT2D eigenvalue weighted by Crippen LogP contribution is -2.55. The van der Waals surface area contributed by atoms with Gasteiger partial charge in [-0.3, -0.25) is 4.79 Å². The Morgan fingerprint density at radius 1 is 1.00 bits per heavy atom. The Labute approximate surface area is 161 Å². The maximum atomic E-state index is 11.6. The van der Waals surface area contributed by atoms with Crippen LogP contribution in [0, 0.1) is 34.5 Å². The molecular formula is C21H32N2O4. The van der Waals surface area contributed by atoms with Gasteiger partial charge in [-0.05, 0) is 74.0 Å². The SMILES string of the molecule is CC(=O)O[C@H]1CC[C@H]2[C@@H]3CC[C@H]4CC(=NO)C(=NO)C[C@]4(C)[C@H]3CC[C@]12C. The van der Waals surface area contributed by atoms with Crippen molar-refractivity contribution >= 4 is 17.4 Å². The molecule has 150 valence electrons. The number of hydrogen-bond acceptors (Lipinski definition) is 6. The van der Waals surface area contributed by atoms with Crippen molar-refractivity contribution < 1.29 is 19.9 Å². The number of fused-ring (bicyclic) bond motifs is 5. The fraction of sp³-hybridized carbons (Fsp3) is 0.857. The molecule has 0 aromatic carbocycles. The summed E-state index contributed by atoms with van der Waals surface area (Å²) >= 11 is 0. The van der Waals surface area contributed by atoms with Crippen molar-refractivity contribution in [3.63, 3.8) is 0 Å². The van der Waals surface area contributed by atoms with Crippen molar-refractivity contribution in [1.29, 1.82) is 0 Å². The highest BCUT2D eigenvalue weighted by Gasteiger charge is 2.61. The summed E-state index contributed by atoms with van der Waals surface area (Å²) in [6.45, 7) is 6.21. The summed E-state index contributed by atoms with van der Waals surface area (Å²) in [7, 11) is 0. The molecule has 6 heteroatoms. The summed E-state index contributed by atoms with van der Waals surface area (Å²) in [5.41, 5.74) is 1.28. The van der Waals surface area contributed by atoms with Gasteiger partial charge < -0.3 is 15.2 Å². The number of carbonyl (C=O) groups excluding carboxylic acids is 1. The summed E-state index contributed by atoms with van der Waals surface area (Å²) in [6, 6.07) is 0. The molecule has 0 aromatic heterocycles. The van der Waals surface area contributed by atoms with Crippen LogP contribution in [0.5, 0.6) is 0 Å². The van der Waals surface area contributed by atoms with Gasteiger partial charge in [0.2, 0.25) is 0 Å². The van der Waals surface area contributed by atoms with Crippen molar-refractivity contribution in [3.8, 4) is 0 Å². The van der Waals surface area contributed by atoms with Crippen molar-refractivity contribution in [2.75, 3.05) is 0 Å². The fourth-order valence-corrected chi connectivity index (χ4v) is 7.50. The van der Waals surface area contributed by atoms with E-state index in [9.17, 15) is 15.2 Å². The molecule has 7 atom stereocenters. The van der Waals surface area contributed by atoms with E-state index in [1.807, 2.05) is 0 Å². The molecule has 0 bridgehead atoms. The fourth-order valence-electron chi connectivity index (χ4n) is 7.50. The van der Waals surface area contributed by atoms with Crippen LogP contribution < -0.4 is 0 Å². The van der Waals surface area contributed by atoms with Crippen LogP contribution in [0.25, 0.3) is 0 Å². The Bertz CT molecular complexity index is 690. The number of rotatable bonds is 1. The number of nitrogens with zero attached hydrogens (tertiary/aromatic N) is 2. The van der Waals surface area contributed by atoms with Crippen LogP contribution >= 0.6 is 0 Å². The second-order valence-electron chi connectivity index (χ2n) is 9.85. The predicted octanol–water partition coefficient (Wildman–Crippen LogP) is 4.23. The largest absolute Gasteiger partial charge is 0.462 e. The number of ether oxygens (including phenoxy) is 1. The zero-order valence-corrected chi connectivity index (χ0v) is 16.6. The van der Waals surface area contributed by atoms with Crippen LogP contribution in [-0.2, 0) is 9.53 Å². The Kier molecular flexibility index (Phi) is 4.51. The van der Waals surface area contributed by atoms with Crippen LogP contribution in [0.2, 0.25) is 0 Å². The second-order valence-corrected chi connectivity index (χ2v) is 9.85. The van der Waals surface area contributed by atoms with Gasteiger partial charge in [0.05, 0.1) is 0 Å². The summed E-state index contributed by atoms with van der Waals surface area (Å²) in [5, 5.41) is 25.6. The highest BCUT2D eigenvalue weighted by Crippen LogP contribution is 2.66. The Balaban J connectivity index is 1.61. The van der Waals surface area contributed by atoms with E-state index < -0.39 is 0 Å². The zero-order chi connectivity index (χ0) is 19.4. The van der Waals surface area contributed by atoms with E-state index in [0.717, 1.165) is 32.1 Å². The van der Waals surface area contributed by atoms with Gasteiger partial charge in [-0.15, -0.1) is 0 Å². The molecule has 0 aromatic rings. The maximum Gasteiger partial charge on any atom is 0.302 e. The number of esters is 1. The third kappa shape index (κ3) is 2.70. The summed E-state index contributed by atoms with van der Waals surface area (Å²) in [4.78, 5) is 11.6. The predicted molar refractivity (Wildman–Crippen MR) is 101 cm³/mol. The highest BCUT2D eigenvalue weighted by atomic mass is 16.5. The third-order valence-electron chi connectivity index (χ3n) is 8.85. The lowest BCUT2D eigenvalue weighted by molar-refractivity contribution is -0.159. The molecule has 0 radical (unpaired) electrons. The molecule has 0 spiro atoms. The molecule has 0 aliphatic heterocycles. The topological polar surface area (TPSA) is 91.5 Å². The first kappa shape index (κ1) is 18.8. The molecule has 0 unspecified atom stereocenters. The first-order valence-corrected chi connectivity index (χ1v) is 10.4. The summed E-state index contributed by atoms with van der Waals surface area (Å²) in [6.07, 6.45) is 8.11. The minimum Gasteiger partial charge on any atom is -0.462 e. The molecule has 0 heterocycles. The van der Waals surface area contributed by atoms with Crippen molar-refractivity contribution in [2.24, 2.45) is 44.8 Å². The van der Waals surface area contributed by atoms with Gasteiger partial charge in [-0.2, -0.15) is 0 Å². The molecule has 4 aliphatic rings. The van der Waals surface area contributed by atoms with Gasteiger partial charge in [0.1, 0.15) is 17.5 Å². The zero-order valence-electron chi connectivity index (χ0n) is 16.6. The van der Waals surface area contributed by atoms with Gasteiger partial charge in [0.15, 0.2) is 0 Å². The molecule has 4 fully saturated rings. The minimum atomic E-state index is -0.161. The maximum absolute atomic E-state index is 11.6. The molecule has 0 amide bonds. The van der Waals surface area contributed by atoms with E-state index in [1.54, 1.807) is 0 Å². The molecule has 4 aliphatic carbocycles. The average Bonchev–Trinajstić information content (AvgIpc) is 2.96. The molecule has 27 heavy (non-hydrogen) atoms. The molecule has 4 rings (SSSR count). The van der Waals surface area contributed by atoms with Gasteiger partial charge in [0.25, 0.3) is 0 Å². The van der Waals surface area contributed by atoms with Gasteiger partial charge in [-0.1, -0.05) is 24.2 Å². The van der Waals surface area contributed by atoms with Crippen LogP contribution in [-0.4, -0.2) is 33.9 Å². The third-order valence-corrected chi connectivity index (χ3v) is 8.85. The molecule has 6 nitrogen and oxygen atoms in total. The molecule has 0 saturated heterocycles. The number of hydrogen-bond donors (Lipinski definition) is 2. The normalized spacial score (nSPS) is 49.4. The number of oxime groups is 2. The standard InChI is InChI=1S/C21H32N2O4/c1-12(24)27-19-7-6-15-14-5-4-13-10-17(22-25)18(23-26)11-21(13,3)16(14)8-9-20(15,19)2/h13-16,19,25-26H,4-11H2,1-3H3/t13-,14-,15-,16-,19-,20-,21-/m0/s1. The first-order valence-electron chi connectivity index (χ1n) is 10.4. The Morgan fingerprint density at radius 3 is 2.37 bits per heavy atom. The van der Waals surface area contributed by atoms with Crippen molar-refractivity contribution in [3.05, 3.63) is 0 Å². The van der Waals surface area contributed by atoms with E-state index in [-0.39, 0.29) is 22.9 Å². The smallest absolute Gasteiger partial charge is 0.302 e. The summed E-state index contributed by atoms with van der Waals surface area (Å²) < 4.78 is 5.72. The highest BCUT2D eigenvalue weighted by molar-refractivity contribution is 6.42. The van der Waals surface area contributed by atoms with Gasteiger partial charge in [0, 0.05) is 18.8 Å². The molecule has 2 N–H and O–H groups in total. The Hall–Kier alpha value is -1.59. The first-order chi connectivity index (χ1) is 12.8. The van der Waals surface area contributed by atoms with Crippen LogP contribution in [0.4, 0.5) is 0 Å². The molecular weight excluding hydrogens is 344 g/mol. The molecule has 4 saturated carbocycles. The van der Waals surface area contributed by atoms with E-state index in [0.29, 0.717) is 47.9 Å². The van der Waals surface area contributed by atoms with Gasteiger partial charge in [-0.25, -0.2) is 0 Å². The Morgan fingerprint density at radius 2 is 1.70 bits per heavy atom. The van der Waals surface area contributed by atoms with Crippen LogP contribution in [0.15, 0.2) is 10.3 Å². The average molecular weight is 376 g/mol. The quantitative estimate of drug-likeness (QED) is 0.407. The van der Waals surface area contributed by atoms with E-state index in [1.165, 1.54) is 13.3 Å². The monoisotopic (exact) mass is 376 g/mol. The lowest BCUT2D eigenvalue weighted by Gasteiger charge is -2.60. The lowest BCUT2D eigenvalue weighted by atomic mass is 9.45. The van der Waals surface area contributed by atoms with E-state index in [4.69, 9.17) is 4.74 Å². The van der Waals surface area contributed by atoms with Crippen molar-refractivity contribution in [1.82, 2.24) is 0 Å².